The van der Waals surface area contributed by atoms with E-state index < -0.39 is 139 Å². The number of aliphatic hydroxyl groups is 1. The van der Waals surface area contributed by atoms with E-state index in [0.717, 1.165) is 11.8 Å². The Balaban J connectivity index is 2.25. The average molecular weight is 1010 g/mol. The standard InChI is InChI=1S/C46H65F6N5O13/c1-11-24(6)34-32(58)21-33(59)69-37(23(4)5)36(60)25(7)38(61)53-29(19-22(2)3)40(63)57-18-12-13-30(57)41(64)56(9)31(20-27-14-16-28(67-10)17-15-27)42(65)68-26(8)35(39(62)54-34)55-44(66)70-43(45(47,48)49)46(50,51)52/h14-17,22-26,29-32,34-35,37,43,58H,11-13,18-21H2,1-10H3,(H,53,61)(H,54,62)(H,55,66)/t24-,25-,26-,29+,30-,31-,32+,34+,35-,37+/m0/s1. The van der Waals surface area contributed by atoms with Gasteiger partial charge < -0.3 is 49.8 Å². The molecule has 0 bridgehead atoms. The predicted octanol–water partition coefficient (Wildman–Crippen LogP) is 4.17. The van der Waals surface area contributed by atoms with Crippen molar-refractivity contribution in [2.24, 2.45) is 23.7 Å². The van der Waals surface area contributed by atoms with Crippen LogP contribution in [0.3, 0.4) is 0 Å². The summed E-state index contributed by atoms with van der Waals surface area (Å²) in [6.07, 6.45) is -25.5. The summed E-state index contributed by atoms with van der Waals surface area (Å²) in [5, 5.41) is 18.0. The number of carbonyl (C=O) groups is 8. The maximum Gasteiger partial charge on any atom is 0.434 e. The maximum absolute atomic E-state index is 14.6. The molecule has 2 saturated heterocycles. The molecular weight excluding hydrogens is 945 g/mol. The molecule has 2 aliphatic rings. The summed E-state index contributed by atoms with van der Waals surface area (Å²) in [7, 11) is 2.61. The van der Waals surface area contributed by atoms with Gasteiger partial charge in [-0.25, -0.2) is 9.59 Å². The Morgan fingerprint density at radius 3 is 2.03 bits per heavy atom. The third-order valence-electron chi connectivity index (χ3n) is 12.3. The number of likely N-dealkylation sites (N-methyl/N-ethyl adjacent to an activating group) is 1. The highest BCUT2D eigenvalue weighted by Gasteiger charge is 2.60. The number of nitrogens with one attached hydrogen (secondary N) is 3. The first kappa shape index (κ1) is 58.6. The molecule has 70 heavy (non-hydrogen) atoms. The molecule has 2 fully saturated rings. The lowest BCUT2D eigenvalue weighted by molar-refractivity contribution is -0.307. The van der Waals surface area contributed by atoms with Crippen LogP contribution in [0, 0.1) is 23.7 Å². The molecule has 10 atom stereocenters. The molecular formula is C46H65F6N5O13. The van der Waals surface area contributed by atoms with Crippen LogP contribution in [0.4, 0.5) is 31.1 Å². The molecule has 0 saturated carbocycles. The van der Waals surface area contributed by atoms with Crippen molar-refractivity contribution in [1.82, 2.24) is 25.8 Å². The fourth-order valence-corrected chi connectivity index (χ4v) is 8.05. The van der Waals surface area contributed by atoms with E-state index in [-0.39, 0.29) is 38.1 Å². The van der Waals surface area contributed by atoms with Crippen LogP contribution in [-0.2, 0) is 54.2 Å². The van der Waals surface area contributed by atoms with E-state index in [4.69, 9.17) is 14.2 Å². The minimum Gasteiger partial charge on any atom is -0.497 e. The largest absolute Gasteiger partial charge is 0.497 e. The molecule has 2 heterocycles. The Kier molecular flexibility index (Phi) is 20.9. The summed E-state index contributed by atoms with van der Waals surface area (Å²) in [6.45, 7) is 11.9. The monoisotopic (exact) mass is 1010 g/mol. The highest BCUT2D eigenvalue weighted by molar-refractivity contribution is 6.05. The Hall–Kier alpha value is -5.68. The Morgan fingerprint density at radius 2 is 1.50 bits per heavy atom. The van der Waals surface area contributed by atoms with Crippen molar-refractivity contribution in [3.63, 3.8) is 0 Å². The maximum atomic E-state index is 14.6. The quantitative estimate of drug-likeness (QED) is 0.112. The van der Waals surface area contributed by atoms with Gasteiger partial charge in [0, 0.05) is 20.0 Å². The number of Topliss-reactive ketones (excluding diaryl/α,β-unsaturated/α-hetero) is 1. The van der Waals surface area contributed by atoms with Crippen LogP contribution in [0.15, 0.2) is 24.3 Å². The lowest BCUT2D eigenvalue weighted by Crippen LogP contribution is -2.60. The summed E-state index contributed by atoms with van der Waals surface area (Å²) in [4.78, 5) is 114. The van der Waals surface area contributed by atoms with E-state index in [1.54, 1.807) is 38.2 Å². The van der Waals surface area contributed by atoms with Crippen LogP contribution >= 0.6 is 0 Å². The second-order valence-electron chi connectivity index (χ2n) is 18.5. The van der Waals surface area contributed by atoms with Gasteiger partial charge in [-0.05, 0) is 68.6 Å². The lowest BCUT2D eigenvalue weighted by Gasteiger charge is -2.35. The molecule has 0 radical (unpaired) electrons. The van der Waals surface area contributed by atoms with E-state index in [1.165, 1.54) is 58.9 Å². The number of ketones is 1. The molecule has 24 heteroatoms. The fraction of sp³-hybridized carbons (Fsp3) is 0.696. The number of hydrogen-bond acceptors (Lipinski definition) is 13. The van der Waals surface area contributed by atoms with Crippen LogP contribution in [0.1, 0.15) is 93.1 Å². The molecule has 0 unspecified atom stereocenters. The number of methoxy groups -OCH3 is 1. The van der Waals surface area contributed by atoms with Gasteiger partial charge in [0.2, 0.25) is 23.6 Å². The van der Waals surface area contributed by atoms with Crippen molar-refractivity contribution in [2.45, 2.75) is 161 Å². The van der Waals surface area contributed by atoms with Gasteiger partial charge in [0.25, 0.3) is 6.10 Å². The number of alkyl halides is 6. The van der Waals surface area contributed by atoms with Crippen molar-refractivity contribution in [3.8, 4) is 5.75 Å². The highest BCUT2D eigenvalue weighted by atomic mass is 19.4. The SMILES string of the molecule is CC[C@H](C)[C@H]1NC(=O)[C@@H](NC(=O)OC(C(F)(F)F)C(F)(F)F)[C@H](C)OC(=O)[C@H](Cc2ccc(OC)cc2)N(C)C(=O)[C@@H]2CCCN2C(=O)[C@@H](CC(C)C)NC(=O)[C@@H](C)C(=O)[C@@H](C(C)C)OC(=O)C[C@H]1O. The zero-order valence-electron chi connectivity index (χ0n) is 40.8. The number of amides is 5. The number of benzene rings is 1. The van der Waals surface area contributed by atoms with E-state index in [9.17, 15) is 69.8 Å². The Labute approximate surface area is 402 Å². The molecule has 1 aromatic rings. The smallest absolute Gasteiger partial charge is 0.434 e. The number of nitrogens with zero attached hydrogens (tertiary/aromatic N) is 2. The summed E-state index contributed by atoms with van der Waals surface area (Å²) in [5.74, 6) is -10.0. The van der Waals surface area contributed by atoms with Crippen molar-refractivity contribution in [2.75, 3.05) is 20.7 Å². The van der Waals surface area contributed by atoms with Crippen LogP contribution in [0.2, 0.25) is 0 Å². The zero-order valence-corrected chi connectivity index (χ0v) is 40.8. The van der Waals surface area contributed by atoms with E-state index in [2.05, 4.69) is 15.4 Å². The first-order valence-corrected chi connectivity index (χ1v) is 23.0. The van der Waals surface area contributed by atoms with Gasteiger partial charge in [0.15, 0.2) is 11.9 Å². The van der Waals surface area contributed by atoms with Crippen LogP contribution in [0.5, 0.6) is 5.75 Å². The number of fused-ring (bicyclic) bond motifs is 1. The molecule has 18 nitrogen and oxygen atoms in total. The lowest BCUT2D eigenvalue weighted by atomic mass is 9.91. The van der Waals surface area contributed by atoms with Gasteiger partial charge in [-0.3, -0.25) is 28.8 Å². The topological polar surface area (TPSA) is 236 Å². The molecule has 2 aliphatic heterocycles. The third-order valence-corrected chi connectivity index (χ3v) is 12.3. The predicted molar refractivity (Wildman–Crippen MR) is 235 cm³/mol. The number of alkyl carbamates (subject to hydrolysis) is 1. The molecule has 3 rings (SSSR count). The second-order valence-corrected chi connectivity index (χ2v) is 18.5. The van der Waals surface area contributed by atoms with Gasteiger partial charge >= 0.3 is 30.4 Å². The van der Waals surface area contributed by atoms with E-state index >= 15 is 0 Å². The molecule has 4 N–H and O–H groups in total. The summed E-state index contributed by atoms with van der Waals surface area (Å²) in [5.41, 5.74) is 0.403. The molecule has 5 amide bonds. The molecule has 0 aliphatic carbocycles. The summed E-state index contributed by atoms with van der Waals surface area (Å²) < 4.78 is 101. The average Bonchev–Trinajstić information content (AvgIpc) is 3.77. The second kappa shape index (κ2) is 24.9. The zero-order chi connectivity index (χ0) is 53.2. The number of aliphatic hydroxyl groups excluding tert-OH is 1. The van der Waals surface area contributed by atoms with Gasteiger partial charge in [-0.1, -0.05) is 60.1 Å². The minimum absolute atomic E-state index is 0.0314. The van der Waals surface area contributed by atoms with Crippen LogP contribution in [-0.4, -0.2) is 150 Å². The summed E-state index contributed by atoms with van der Waals surface area (Å²) in [6, 6.07) is -1.86. The molecule has 1 aromatic carbocycles. The third kappa shape index (κ3) is 15.7. The first-order valence-electron chi connectivity index (χ1n) is 23.0. The Bertz CT molecular complexity index is 2010. The van der Waals surface area contributed by atoms with Crippen molar-refractivity contribution < 1.29 is 88.8 Å². The van der Waals surface area contributed by atoms with Gasteiger partial charge in [-0.15, -0.1) is 0 Å². The number of cyclic esters (lactones) is 2. The highest BCUT2D eigenvalue weighted by Crippen LogP contribution is 2.36. The number of ether oxygens (including phenoxy) is 4. The van der Waals surface area contributed by atoms with Crippen molar-refractivity contribution >= 4 is 47.4 Å². The van der Waals surface area contributed by atoms with Crippen LogP contribution in [0.25, 0.3) is 0 Å². The van der Waals surface area contributed by atoms with Gasteiger partial charge in [0.1, 0.15) is 36.0 Å². The van der Waals surface area contributed by atoms with Crippen LogP contribution < -0.4 is 20.7 Å². The Morgan fingerprint density at radius 1 is 0.900 bits per heavy atom. The first-order chi connectivity index (χ1) is 32.4. The van der Waals surface area contributed by atoms with E-state index in [0.29, 0.717) is 17.7 Å². The number of rotatable bonds is 10. The van der Waals surface area contributed by atoms with Crippen molar-refractivity contribution in [1.29, 1.82) is 0 Å². The fourth-order valence-electron chi connectivity index (χ4n) is 8.05. The number of esters is 2. The molecule has 0 spiro atoms. The number of halogens is 6. The summed E-state index contributed by atoms with van der Waals surface area (Å²) >= 11 is 0. The number of hydrogen-bond donors (Lipinski definition) is 4. The molecule has 0 aromatic heterocycles. The van der Waals surface area contributed by atoms with Crippen molar-refractivity contribution in [3.05, 3.63) is 29.8 Å². The van der Waals surface area contributed by atoms with Gasteiger partial charge in [-0.2, -0.15) is 26.3 Å². The minimum atomic E-state index is -6.17. The van der Waals surface area contributed by atoms with E-state index in [1.807, 2.05) is 0 Å². The normalized spacial score (nSPS) is 27.1. The number of carbonyl (C=O) groups excluding carboxylic acids is 8. The van der Waals surface area contributed by atoms with Gasteiger partial charge in [0.05, 0.1) is 31.6 Å². The molecule has 394 valence electrons.